The molecule has 0 aromatic heterocycles. The number of hydrogen-bond donors (Lipinski definition) is 1. The van der Waals surface area contributed by atoms with E-state index in [-0.39, 0.29) is 5.69 Å². The minimum atomic E-state index is -0.447. The number of nitrogens with zero attached hydrogens (tertiary/aromatic N) is 1. The third-order valence-corrected chi connectivity index (χ3v) is 1.71. The van der Waals surface area contributed by atoms with Crippen molar-refractivity contribution in [1.29, 1.82) is 5.26 Å². The fraction of sp³-hybridized carbons (Fsp3) is 0.100. The second-order valence-electron chi connectivity index (χ2n) is 2.70. The summed E-state index contributed by atoms with van der Waals surface area (Å²) in [6, 6.07) is 4.87. The molecule has 3 heteroatoms. The van der Waals surface area contributed by atoms with Crippen molar-refractivity contribution in [3.63, 3.8) is 0 Å². The van der Waals surface area contributed by atoms with Gasteiger partial charge >= 0.3 is 0 Å². The maximum absolute atomic E-state index is 13.0. The number of nitrogens with two attached hydrogens (primary N) is 1. The molecule has 0 aliphatic rings. The van der Waals surface area contributed by atoms with Crippen molar-refractivity contribution in [2.24, 2.45) is 0 Å². The Morgan fingerprint density at radius 3 is 2.77 bits per heavy atom. The molecule has 0 amide bonds. The highest BCUT2D eigenvalue weighted by Gasteiger charge is 2.02. The van der Waals surface area contributed by atoms with E-state index in [1.54, 1.807) is 13.0 Å². The van der Waals surface area contributed by atoms with Crippen LogP contribution in [-0.4, -0.2) is 0 Å². The maximum atomic E-state index is 13.0. The van der Waals surface area contributed by atoms with E-state index in [1.807, 2.05) is 6.07 Å². The van der Waals surface area contributed by atoms with Gasteiger partial charge in [0.15, 0.2) is 0 Å². The van der Waals surface area contributed by atoms with Crippen LogP contribution in [0.3, 0.4) is 0 Å². The lowest BCUT2D eigenvalue weighted by molar-refractivity contribution is 0.631. The van der Waals surface area contributed by atoms with Gasteiger partial charge in [-0.3, -0.25) is 0 Å². The Labute approximate surface area is 76.1 Å². The third kappa shape index (κ3) is 2.06. The topological polar surface area (TPSA) is 49.8 Å². The van der Waals surface area contributed by atoms with Crippen LogP contribution in [0.2, 0.25) is 0 Å². The second-order valence-corrected chi connectivity index (χ2v) is 2.70. The standard InChI is InChI=1S/C10H9FN2/c1-7-5-8(3-2-4-12)6-9(11)10(7)13/h2-3,5-6H,13H2,1H3. The van der Waals surface area contributed by atoms with Gasteiger partial charge in [0.2, 0.25) is 0 Å². The van der Waals surface area contributed by atoms with Crippen molar-refractivity contribution in [2.45, 2.75) is 6.92 Å². The van der Waals surface area contributed by atoms with Crippen LogP contribution >= 0.6 is 0 Å². The normalized spacial score (nSPS) is 10.2. The maximum Gasteiger partial charge on any atom is 0.146 e. The first kappa shape index (κ1) is 9.27. The summed E-state index contributed by atoms with van der Waals surface area (Å²) >= 11 is 0. The number of nitrogen functional groups attached to an aromatic ring is 1. The summed E-state index contributed by atoms with van der Waals surface area (Å²) in [4.78, 5) is 0. The van der Waals surface area contributed by atoms with Crippen LogP contribution in [0.5, 0.6) is 0 Å². The molecule has 1 aromatic rings. The summed E-state index contributed by atoms with van der Waals surface area (Å²) in [6.07, 6.45) is 2.83. The Hall–Kier alpha value is -1.82. The molecule has 66 valence electrons. The van der Waals surface area contributed by atoms with Gasteiger partial charge in [-0.15, -0.1) is 0 Å². The Morgan fingerprint density at radius 2 is 2.23 bits per heavy atom. The van der Waals surface area contributed by atoms with E-state index in [4.69, 9.17) is 11.0 Å². The van der Waals surface area contributed by atoms with Crippen LogP contribution in [0, 0.1) is 24.1 Å². The van der Waals surface area contributed by atoms with Crippen molar-refractivity contribution < 1.29 is 4.39 Å². The molecular weight excluding hydrogens is 167 g/mol. The van der Waals surface area contributed by atoms with E-state index < -0.39 is 5.82 Å². The summed E-state index contributed by atoms with van der Waals surface area (Å²) < 4.78 is 13.0. The predicted octanol–water partition coefficient (Wildman–Crippen LogP) is 2.25. The van der Waals surface area contributed by atoms with E-state index in [2.05, 4.69) is 0 Å². The van der Waals surface area contributed by atoms with Crippen LogP contribution in [0.1, 0.15) is 11.1 Å². The molecule has 0 radical (unpaired) electrons. The van der Waals surface area contributed by atoms with Crippen LogP contribution in [0.4, 0.5) is 10.1 Å². The number of anilines is 1. The summed E-state index contributed by atoms with van der Waals surface area (Å²) in [6.45, 7) is 1.72. The number of allylic oxidation sites excluding steroid dienone is 1. The van der Waals surface area contributed by atoms with Crippen LogP contribution < -0.4 is 5.73 Å². The molecule has 0 atom stereocenters. The average molecular weight is 176 g/mol. The summed E-state index contributed by atoms with van der Waals surface area (Å²) in [5, 5.41) is 8.27. The lowest BCUT2D eigenvalue weighted by Gasteiger charge is -2.02. The first-order valence-electron chi connectivity index (χ1n) is 3.77. The van der Waals surface area contributed by atoms with E-state index in [0.29, 0.717) is 11.1 Å². The number of nitriles is 1. The van der Waals surface area contributed by atoms with Crippen LogP contribution in [0.25, 0.3) is 6.08 Å². The average Bonchev–Trinajstić information content (AvgIpc) is 2.10. The second kappa shape index (κ2) is 3.72. The number of aryl methyl sites for hydroxylation is 1. The Morgan fingerprint density at radius 1 is 1.54 bits per heavy atom. The zero-order chi connectivity index (χ0) is 9.84. The molecule has 0 aliphatic heterocycles. The minimum absolute atomic E-state index is 0.161. The molecule has 0 spiro atoms. The highest BCUT2D eigenvalue weighted by atomic mass is 19.1. The fourth-order valence-corrected chi connectivity index (χ4v) is 1.01. The molecule has 0 aliphatic carbocycles. The summed E-state index contributed by atoms with van der Waals surface area (Å²) in [5.41, 5.74) is 6.90. The van der Waals surface area contributed by atoms with Crippen molar-refractivity contribution >= 4 is 11.8 Å². The van der Waals surface area contributed by atoms with Crippen LogP contribution in [0.15, 0.2) is 18.2 Å². The molecule has 0 bridgehead atoms. The first-order valence-corrected chi connectivity index (χ1v) is 3.77. The van der Waals surface area contributed by atoms with Crippen molar-refractivity contribution in [1.82, 2.24) is 0 Å². The smallest absolute Gasteiger partial charge is 0.146 e. The van der Waals surface area contributed by atoms with E-state index in [9.17, 15) is 4.39 Å². The monoisotopic (exact) mass is 176 g/mol. The molecular formula is C10H9FN2. The molecule has 0 unspecified atom stereocenters. The molecule has 0 fully saturated rings. The van der Waals surface area contributed by atoms with Gasteiger partial charge < -0.3 is 5.73 Å². The zero-order valence-electron chi connectivity index (χ0n) is 7.21. The molecule has 2 N–H and O–H groups in total. The quantitative estimate of drug-likeness (QED) is 0.527. The summed E-state index contributed by atoms with van der Waals surface area (Å²) in [5.74, 6) is -0.447. The zero-order valence-corrected chi connectivity index (χ0v) is 7.21. The van der Waals surface area contributed by atoms with Gasteiger partial charge in [0.25, 0.3) is 0 Å². The lowest BCUT2D eigenvalue weighted by atomic mass is 10.1. The van der Waals surface area contributed by atoms with Crippen molar-refractivity contribution in [3.05, 3.63) is 35.2 Å². The van der Waals surface area contributed by atoms with Gasteiger partial charge in [0.1, 0.15) is 5.82 Å². The highest BCUT2D eigenvalue weighted by molar-refractivity contribution is 5.59. The molecule has 0 saturated carbocycles. The Kier molecular flexibility index (Phi) is 2.65. The van der Waals surface area contributed by atoms with E-state index in [0.717, 1.165) is 0 Å². The third-order valence-electron chi connectivity index (χ3n) is 1.71. The Balaban J connectivity index is 3.15. The van der Waals surface area contributed by atoms with Crippen molar-refractivity contribution in [3.8, 4) is 6.07 Å². The molecule has 0 heterocycles. The largest absolute Gasteiger partial charge is 0.396 e. The van der Waals surface area contributed by atoms with E-state index in [1.165, 1.54) is 18.2 Å². The van der Waals surface area contributed by atoms with Gasteiger partial charge in [0.05, 0.1) is 11.8 Å². The highest BCUT2D eigenvalue weighted by Crippen LogP contribution is 2.18. The molecule has 2 nitrogen and oxygen atoms in total. The number of benzene rings is 1. The van der Waals surface area contributed by atoms with E-state index >= 15 is 0 Å². The molecule has 1 aromatic carbocycles. The van der Waals surface area contributed by atoms with Gasteiger partial charge in [-0.05, 0) is 36.3 Å². The van der Waals surface area contributed by atoms with Gasteiger partial charge in [-0.2, -0.15) is 5.26 Å². The minimum Gasteiger partial charge on any atom is -0.396 e. The number of hydrogen-bond acceptors (Lipinski definition) is 2. The SMILES string of the molecule is Cc1cc(C=CC#N)cc(F)c1N. The summed E-state index contributed by atoms with van der Waals surface area (Å²) in [7, 11) is 0. The molecule has 1 rings (SSSR count). The van der Waals surface area contributed by atoms with Gasteiger partial charge in [-0.1, -0.05) is 0 Å². The lowest BCUT2D eigenvalue weighted by Crippen LogP contribution is -1.94. The van der Waals surface area contributed by atoms with Gasteiger partial charge in [0, 0.05) is 6.08 Å². The van der Waals surface area contributed by atoms with Crippen LogP contribution in [-0.2, 0) is 0 Å². The predicted molar refractivity (Wildman–Crippen MR) is 50.2 cm³/mol. The van der Waals surface area contributed by atoms with Crippen molar-refractivity contribution in [2.75, 3.05) is 5.73 Å². The fourth-order valence-electron chi connectivity index (χ4n) is 1.01. The number of halogens is 1. The molecule has 0 saturated heterocycles. The first-order chi connectivity index (χ1) is 6.15. The van der Waals surface area contributed by atoms with Gasteiger partial charge in [-0.25, -0.2) is 4.39 Å². The molecule has 13 heavy (non-hydrogen) atoms. The number of rotatable bonds is 1. The Bertz CT molecular complexity index is 365.